The molecule has 6 rings (SSSR count). The molecular formula is C53H71N13O16S. The van der Waals surface area contributed by atoms with Crippen molar-refractivity contribution in [3.63, 3.8) is 0 Å². The summed E-state index contributed by atoms with van der Waals surface area (Å²) in [6.45, 7) is 5.74. The van der Waals surface area contributed by atoms with Crippen molar-refractivity contribution >= 4 is 111 Å². The second kappa shape index (κ2) is 29.0. The highest BCUT2D eigenvalue weighted by atomic mass is 32.2. The third-order valence-electron chi connectivity index (χ3n) is 14.8. The van der Waals surface area contributed by atoms with Crippen LogP contribution in [0.15, 0.2) is 35.4 Å². The number of rotatable bonds is 15. The molecular weight excluding hydrogens is 1110 g/mol. The van der Waals surface area contributed by atoms with Crippen LogP contribution in [0.25, 0.3) is 10.9 Å². The maximum Gasteiger partial charge on any atom is 0.305 e. The number of amides is 13. The van der Waals surface area contributed by atoms with E-state index < -0.39 is 170 Å². The number of carboxylic acids is 1. The van der Waals surface area contributed by atoms with Crippen LogP contribution in [0.5, 0.6) is 0 Å². The largest absolute Gasteiger partial charge is 0.481 e. The number of aliphatic carboxylic acids is 1. The number of imide groups is 1. The monoisotopic (exact) mass is 1180 g/mol. The fourth-order valence-electron chi connectivity index (χ4n) is 9.67. The van der Waals surface area contributed by atoms with Crippen molar-refractivity contribution < 1.29 is 77.3 Å². The Morgan fingerprint density at radius 1 is 0.771 bits per heavy atom. The first-order valence-electron chi connectivity index (χ1n) is 27.3. The Labute approximate surface area is 480 Å². The molecule has 2 bridgehead atoms. The summed E-state index contributed by atoms with van der Waals surface area (Å²) in [5.74, 6) is -13.8. The lowest BCUT2D eigenvalue weighted by molar-refractivity contribution is -0.146. The van der Waals surface area contributed by atoms with Crippen molar-refractivity contribution in [2.24, 2.45) is 17.8 Å². The van der Waals surface area contributed by atoms with Gasteiger partial charge in [0.25, 0.3) is 11.8 Å². The first kappa shape index (κ1) is 63.8. The molecule has 5 heterocycles. The van der Waals surface area contributed by atoms with Gasteiger partial charge in [0.1, 0.15) is 36.3 Å². The highest BCUT2D eigenvalue weighted by Gasteiger charge is 2.44. The van der Waals surface area contributed by atoms with E-state index in [0.29, 0.717) is 17.3 Å². The van der Waals surface area contributed by atoms with Crippen LogP contribution >= 0.6 is 11.8 Å². The zero-order valence-corrected chi connectivity index (χ0v) is 47.3. The Bertz CT molecular complexity index is 2910. The van der Waals surface area contributed by atoms with Gasteiger partial charge in [-0.25, -0.2) is 0 Å². The van der Waals surface area contributed by atoms with E-state index in [-0.39, 0.29) is 73.1 Å². The van der Waals surface area contributed by atoms with Crippen LogP contribution in [0.2, 0.25) is 0 Å². The molecule has 29 nitrogen and oxygen atoms in total. The number of nitrogens with one attached hydrogen (secondary N) is 11. The molecule has 450 valence electrons. The first-order chi connectivity index (χ1) is 39.4. The number of H-pyrrole nitrogens is 1. The third kappa shape index (κ3) is 17.1. The summed E-state index contributed by atoms with van der Waals surface area (Å²) in [6.07, 6.45) is -0.00124. The molecule has 2 aromatic rings. The van der Waals surface area contributed by atoms with Crippen molar-refractivity contribution in [1.82, 2.24) is 62.6 Å². The molecule has 13 amide bonds. The van der Waals surface area contributed by atoms with Gasteiger partial charge in [0, 0.05) is 73.4 Å². The number of thioether (sulfide) groups is 1. The van der Waals surface area contributed by atoms with Crippen molar-refractivity contribution in [2.75, 3.05) is 50.3 Å². The van der Waals surface area contributed by atoms with Gasteiger partial charge < -0.3 is 73.3 Å². The summed E-state index contributed by atoms with van der Waals surface area (Å²) in [5.41, 5.74) is 0.796. The number of aliphatic hydroxyl groups excluding tert-OH is 1. The molecule has 1 saturated heterocycles. The summed E-state index contributed by atoms with van der Waals surface area (Å²) >= 11 is 0.913. The molecule has 1 fully saturated rings. The lowest BCUT2D eigenvalue weighted by Crippen LogP contribution is -2.60. The zero-order valence-electron chi connectivity index (χ0n) is 46.5. The fraction of sp³-hybridized carbons (Fsp3) is 0.547. The molecule has 30 heteroatoms. The Hall–Kier alpha value is -8.41. The predicted octanol–water partition coefficient (Wildman–Crippen LogP) is -3.47. The zero-order chi connectivity index (χ0) is 60.8. The normalized spacial score (nSPS) is 24.5. The van der Waals surface area contributed by atoms with Gasteiger partial charge in [-0.15, -0.1) is 11.8 Å². The van der Waals surface area contributed by atoms with Gasteiger partial charge in [0.2, 0.25) is 65.0 Å². The van der Waals surface area contributed by atoms with Gasteiger partial charge in [0.05, 0.1) is 43.1 Å². The summed E-state index contributed by atoms with van der Waals surface area (Å²) in [4.78, 5) is 193. The summed E-state index contributed by atoms with van der Waals surface area (Å²) in [7, 11) is 0. The minimum absolute atomic E-state index is 0.00282. The van der Waals surface area contributed by atoms with Gasteiger partial charge in [0.15, 0.2) is 0 Å². The number of aromatic nitrogens is 1. The molecule has 83 heavy (non-hydrogen) atoms. The fourth-order valence-corrected chi connectivity index (χ4v) is 10.8. The number of nitrogens with zero attached hydrogens (tertiary/aromatic N) is 2. The number of benzene rings is 1. The molecule has 0 radical (unpaired) electrons. The minimum atomic E-state index is -1.87. The van der Waals surface area contributed by atoms with Crippen molar-refractivity contribution in [3.05, 3.63) is 35.9 Å². The van der Waals surface area contributed by atoms with E-state index in [1.807, 2.05) is 6.92 Å². The number of carbonyl (C=O) groups excluding carboxylic acids is 13. The van der Waals surface area contributed by atoms with Crippen LogP contribution in [0.4, 0.5) is 5.69 Å². The van der Waals surface area contributed by atoms with Gasteiger partial charge in [-0.05, 0) is 48.9 Å². The number of carbonyl (C=O) groups is 14. The number of hydrogen-bond acceptors (Lipinski definition) is 16. The lowest BCUT2D eigenvalue weighted by Gasteiger charge is -2.31. The van der Waals surface area contributed by atoms with E-state index in [1.165, 1.54) is 19.1 Å². The van der Waals surface area contributed by atoms with Crippen LogP contribution < -0.4 is 53.2 Å². The minimum Gasteiger partial charge on any atom is -0.481 e. The van der Waals surface area contributed by atoms with Gasteiger partial charge in [-0.3, -0.25) is 72.0 Å². The van der Waals surface area contributed by atoms with E-state index in [9.17, 15) is 77.3 Å². The highest BCUT2D eigenvalue weighted by Crippen LogP contribution is 2.34. The van der Waals surface area contributed by atoms with Gasteiger partial charge in [-0.1, -0.05) is 40.5 Å². The number of hydrogen-bond donors (Lipinski definition) is 13. The van der Waals surface area contributed by atoms with Crippen LogP contribution in [-0.2, 0) is 73.5 Å². The van der Waals surface area contributed by atoms with Gasteiger partial charge in [-0.2, -0.15) is 0 Å². The summed E-state index contributed by atoms with van der Waals surface area (Å²) < 4.78 is 0. The van der Waals surface area contributed by atoms with Crippen molar-refractivity contribution in [1.29, 1.82) is 0 Å². The van der Waals surface area contributed by atoms with E-state index in [4.69, 9.17) is 0 Å². The average Bonchev–Trinajstić information content (AvgIpc) is 4.36. The average molecular weight is 1180 g/mol. The molecule has 2 unspecified atom stereocenters. The van der Waals surface area contributed by atoms with Crippen molar-refractivity contribution in [3.8, 4) is 0 Å². The van der Waals surface area contributed by atoms with Crippen LogP contribution in [-0.4, -0.2) is 195 Å². The maximum absolute atomic E-state index is 14.7. The SMILES string of the molecule is CCC(C)[C@@H]1NC(=O)[C@@H]2C[C@@H](O)CN2C(=O)[C@H](CC(=O)O)NC(=O)[C@@H]2CSc3[nH]c4ccc(NC(=O)CNC(=O)C(C)NC(=O)CCCN5C(=O)C=CC5=O)cc4c3C[C@H](NC1=O)C(=O)NCC(=O)NC[C@@H]([C@@H](C)CC)C(=O)NCC(=O)N2. The maximum atomic E-state index is 14.7. The number of aromatic amines is 1. The number of fused-ring (bicyclic) bond motifs is 5. The second-order valence-corrected chi connectivity index (χ2v) is 21.9. The topological polar surface area (TPSA) is 422 Å². The molecule has 4 aliphatic rings. The Morgan fingerprint density at radius 2 is 1.46 bits per heavy atom. The summed E-state index contributed by atoms with van der Waals surface area (Å²) in [6, 6.07) is -4.48. The van der Waals surface area contributed by atoms with Crippen LogP contribution in [0.3, 0.4) is 0 Å². The lowest BCUT2D eigenvalue weighted by atomic mass is 9.90. The predicted molar refractivity (Wildman–Crippen MR) is 295 cm³/mol. The van der Waals surface area contributed by atoms with E-state index in [2.05, 4.69) is 58.2 Å². The Morgan fingerprint density at radius 3 is 2.14 bits per heavy atom. The number of carboxylic acid groups (broad SMARTS) is 1. The second-order valence-electron chi connectivity index (χ2n) is 20.9. The van der Waals surface area contributed by atoms with Gasteiger partial charge >= 0.3 is 5.97 Å². The molecule has 10 atom stereocenters. The van der Waals surface area contributed by atoms with E-state index in [0.717, 1.165) is 33.7 Å². The smallest absolute Gasteiger partial charge is 0.305 e. The molecule has 0 spiro atoms. The summed E-state index contributed by atoms with van der Waals surface area (Å²) in [5, 5.41) is 47.1. The third-order valence-corrected chi connectivity index (χ3v) is 15.9. The van der Waals surface area contributed by atoms with Crippen LogP contribution in [0, 0.1) is 17.8 Å². The molecule has 4 aliphatic heterocycles. The number of anilines is 1. The molecule has 1 aromatic heterocycles. The standard InChI is InChI=1S/C53H71N13O16S/c1-6-25(3)32-19-54-39(69)20-57-48(78)34-17-31-30-15-28(59-40(70)21-55-46(76)27(5)58-38(68)9-8-14-65-42(72)12-13-43(65)73)10-11-33(30)63-52(31)83-24-36(60-41(71)22-56-47(32)77)49(79)62-35(18-44(74)75)53(82)66-23-29(67)16-37(66)50(80)64-45(26(4)7-2)51(81)61-34/h10-13,15,25-27,29,32,34-37,45,63,67H,6-9,14,16-24H2,1-5H3,(H,54,69)(H,55,76)(H,56,77)(H,57,78)(H,58,68)(H,59,70)(H,60,71)(H,61,81)(H,62,79)(H,64,80)(H,74,75)/t25-,26?,27?,29+,32-,34-,35-,36-,37-,45-/m0/s1. The highest BCUT2D eigenvalue weighted by molar-refractivity contribution is 7.99. The first-order valence-corrected chi connectivity index (χ1v) is 28.3. The molecule has 0 aliphatic carbocycles. The van der Waals surface area contributed by atoms with E-state index >= 15 is 0 Å². The van der Waals surface area contributed by atoms with Crippen LogP contribution in [0.1, 0.15) is 78.7 Å². The Balaban J connectivity index is 1.36. The Kier molecular flexibility index (Phi) is 22.3. The van der Waals surface area contributed by atoms with Crippen molar-refractivity contribution in [2.45, 2.75) is 127 Å². The molecule has 1 aromatic carbocycles. The quantitative estimate of drug-likeness (QED) is 0.0771. The molecule has 13 N–H and O–H groups in total. The molecule has 0 saturated carbocycles. The van der Waals surface area contributed by atoms with E-state index in [1.54, 1.807) is 26.8 Å². The number of aliphatic hydroxyl groups is 1.